The molecule has 72 valence electrons. The predicted molar refractivity (Wildman–Crippen MR) is 54.5 cm³/mol. The van der Waals surface area contributed by atoms with Crippen LogP contribution >= 0.6 is 27.3 Å². The summed E-state index contributed by atoms with van der Waals surface area (Å²) in [5.41, 5.74) is 1.50. The van der Waals surface area contributed by atoms with E-state index in [4.69, 9.17) is 9.52 Å². The number of furan rings is 1. The van der Waals surface area contributed by atoms with Crippen molar-refractivity contribution in [3.63, 3.8) is 0 Å². The van der Waals surface area contributed by atoms with Gasteiger partial charge in [-0.25, -0.2) is 9.78 Å². The van der Waals surface area contributed by atoms with Gasteiger partial charge in [0.15, 0.2) is 11.5 Å². The maximum Gasteiger partial charge on any atom is 0.356 e. The van der Waals surface area contributed by atoms with Gasteiger partial charge in [0.05, 0.1) is 16.2 Å². The monoisotopic (exact) mass is 273 g/mol. The summed E-state index contributed by atoms with van der Waals surface area (Å²) < 4.78 is 5.89. The lowest BCUT2D eigenvalue weighted by Gasteiger charge is -1.94. The number of hydrogen-bond acceptors (Lipinski definition) is 4. The lowest BCUT2D eigenvalue weighted by Crippen LogP contribution is -1.97. The Morgan fingerprint density at radius 1 is 1.64 bits per heavy atom. The summed E-state index contributed by atoms with van der Waals surface area (Å²) in [6.07, 6.45) is 1.49. The molecule has 0 aliphatic heterocycles. The molecule has 2 rings (SSSR count). The quantitative estimate of drug-likeness (QED) is 0.914. The third kappa shape index (κ3) is 1.46. The topological polar surface area (TPSA) is 63.3 Å². The second-order valence-electron chi connectivity index (χ2n) is 2.43. The first-order valence-corrected chi connectivity index (χ1v) is 5.27. The van der Waals surface area contributed by atoms with Crippen LogP contribution in [0.1, 0.15) is 10.5 Å². The third-order valence-corrected chi connectivity index (χ3v) is 3.04. The molecule has 0 unspecified atom stereocenters. The molecule has 4 nitrogen and oxygen atoms in total. The van der Waals surface area contributed by atoms with Gasteiger partial charge >= 0.3 is 5.97 Å². The molecule has 0 aliphatic carbocycles. The molecule has 2 heterocycles. The molecule has 0 bridgehead atoms. The van der Waals surface area contributed by atoms with E-state index in [-0.39, 0.29) is 5.69 Å². The minimum atomic E-state index is -1.05. The highest BCUT2D eigenvalue weighted by Gasteiger charge is 2.19. The van der Waals surface area contributed by atoms with Crippen LogP contribution < -0.4 is 0 Å². The molecular weight excluding hydrogens is 270 g/mol. The van der Waals surface area contributed by atoms with Crippen molar-refractivity contribution in [2.45, 2.75) is 0 Å². The van der Waals surface area contributed by atoms with Gasteiger partial charge in [0.25, 0.3) is 0 Å². The van der Waals surface area contributed by atoms with Gasteiger partial charge in [0.1, 0.15) is 4.88 Å². The smallest absolute Gasteiger partial charge is 0.356 e. The van der Waals surface area contributed by atoms with E-state index in [0.717, 1.165) is 4.47 Å². The number of hydrogen-bond donors (Lipinski definition) is 1. The standard InChI is InChI=1S/C8H4BrNO3S/c9-4-1-2-13-6(4)7-5(8(11)12)10-3-14-7/h1-3H,(H,11,12). The zero-order valence-electron chi connectivity index (χ0n) is 6.73. The number of halogens is 1. The molecule has 0 amide bonds. The maximum absolute atomic E-state index is 10.8. The molecule has 2 aromatic rings. The van der Waals surface area contributed by atoms with Gasteiger partial charge in [-0.2, -0.15) is 0 Å². The van der Waals surface area contributed by atoms with Crippen LogP contribution in [0, 0.1) is 0 Å². The lowest BCUT2D eigenvalue weighted by molar-refractivity contribution is 0.0692. The molecule has 0 atom stereocenters. The summed E-state index contributed by atoms with van der Waals surface area (Å²) in [5, 5.41) is 8.83. The molecule has 0 saturated heterocycles. The van der Waals surface area contributed by atoms with Gasteiger partial charge in [-0.15, -0.1) is 11.3 Å². The van der Waals surface area contributed by atoms with Gasteiger partial charge in [-0.1, -0.05) is 0 Å². The fourth-order valence-electron chi connectivity index (χ4n) is 1.02. The van der Waals surface area contributed by atoms with E-state index in [9.17, 15) is 4.79 Å². The largest absolute Gasteiger partial charge is 0.476 e. The SMILES string of the molecule is O=C(O)c1ncsc1-c1occc1Br. The molecule has 0 fully saturated rings. The van der Waals surface area contributed by atoms with Crippen molar-refractivity contribution in [1.82, 2.24) is 4.98 Å². The lowest BCUT2D eigenvalue weighted by atomic mass is 10.3. The Morgan fingerprint density at radius 3 is 3.00 bits per heavy atom. The van der Waals surface area contributed by atoms with E-state index in [1.54, 1.807) is 6.07 Å². The van der Waals surface area contributed by atoms with Crippen LogP contribution in [-0.2, 0) is 0 Å². The molecule has 1 N–H and O–H groups in total. The number of carboxylic acids is 1. The van der Waals surface area contributed by atoms with Crippen molar-refractivity contribution in [2.75, 3.05) is 0 Å². The van der Waals surface area contributed by atoms with Crippen molar-refractivity contribution >= 4 is 33.2 Å². The first kappa shape index (κ1) is 9.42. The summed E-state index contributed by atoms with van der Waals surface area (Å²) in [7, 11) is 0. The van der Waals surface area contributed by atoms with E-state index in [0.29, 0.717) is 10.6 Å². The number of carbonyl (C=O) groups is 1. The van der Waals surface area contributed by atoms with E-state index >= 15 is 0 Å². The Labute approximate surface area is 91.3 Å². The summed E-state index contributed by atoms with van der Waals surface area (Å²) in [6.45, 7) is 0. The van der Waals surface area contributed by atoms with Gasteiger partial charge in [-0.3, -0.25) is 0 Å². The van der Waals surface area contributed by atoms with E-state index < -0.39 is 5.97 Å². The van der Waals surface area contributed by atoms with Gasteiger partial charge < -0.3 is 9.52 Å². The first-order valence-electron chi connectivity index (χ1n) is 3.60. The first-order chi connectivity index (χ1) is 6.70. The van der Waals surface area contributed by atoms with Gasteiger partial charge in [0, 0.05) is 0 Å². The van der Waals surface area contributed by atoms with Crippen LogP contribution in [0.25, 0.3) is 10.6 Å². The van der Waals surface area contributed by atoms with E-state index in [1.807, 2.05) is 0 Å². The van der Waals surface area contributed by atoms with Crippen LogP contribution in [0.15, 0.2) is 26.7 Å². The van der Waals surface area contributed by atoms with Crippen molar-refractivity contribution < 1.29 is 14.3 Å². The third-order valence-electron chi connectivity index (χ3n) is 1.59. The zero-order valence-corrected chi connectivity index (χ0v) is 9.13. The molecule has 0 radical (unpaired) electrons. The Hall–Kier alpha value is -1.14. The molecule has 0 aromatic carbocycles. The van der Waals surface area contributed by atoms with Crippen LogP contribution in [-0.4, -0.2) is 16.1 Å². The molecule has 2 aromatic heterocycles. The molecule has 0 aliphatic rings. The minimum absolute atomic E-state index is 0.0191. The normalized spacial score (nSPS) is 10.4. The van der Waals surface area contributed by atoms with Gasteiger partial charge in [0.2, 0.25) is 0 Å². The number of aromatic nitrogens is 1. The predicted octanol–water partition coefficient (Wildman–Crippen LogP) is 2.86. The van der Waals surface area contributed by atoms with Crippen molar-refractivity contribution in [3.05, 3.63) is 28.0 Å². The Kier molecular flexibility index (Phi) is 2.39. The molecule has 14 heavy (non-hydrogen) atoms. The summed E-state index contributed by atoms with van der Waals surface area (Å²) in [5.74, 6) is -0.547. The maximum atomic E-state index is 10.8. The minimum Gasteiger partial charge on any atom is -0.476 e. The Balaban J connectivity index is 2.57. The van der Waals surface area contributed by atoms with Crippen molar-refractivity contribution in [2.24, 2.45) is 0 Å². The van der Waals surface area contributed by atoms with Crippen LogP contribution in [0.5, 0.6) is 0 Å². The fraction of sp³-hybridized carbons (Fsp3) is 0. The highest BCUT2D eigenvalue weighted by Crippen LogP contribution is 2.34. The average Bonchev–Trinajstić information content (AvgIpc) is 2.70. The van der Waals surface area contributed by atoms with Crippen LogP contribution in [0.2, 0.25) is 0 Å². The second kappa shape index (κ2) is 3.55. The summed E-state index contributed by atoms with van der Waals surface area (Å²) >= 11 is 4.50. The van der Waals surface area contributed by atoms with Crippen LogP contribution in [0.4, 0.5) is 0 Å². The molecular formula is C8H4BrNO3S. The van der Waals surface area contributed by atoms with Crippen LogP contribution in [0.3, 0.4) is 0 Å². The van der Waals surface area contributed by atoms with E-state index in [1.165, 1.54) is 23.1 Å². The average molecular weight is 274 g/mol. The highest BCUT2D eigenvalue weighted by atomic mass is 79.9. The highest BCUT2D eigenvalue weighted by molar-refractivity contribution is 9.10. The number of aromatic carboxylic acids is 1. The Morgan fingerprint density at radius 2 is 2.43 bits per heavy atom. The van der Waals surface area contributed by atoms with E-state index in [2.05, 4.69) is 20.9 Å². The zero-order chi connectivity index (χ0) is 10.1. The fourth-order valence-corrected chi connectivity index (χ4v) is 2.33. The number of rotatable bonds is 2. The van der Waals surface area contributed by atoms with Crippen molar-refractivity contribution in [1.29, 1.82) is 0 Å². The second-order valence-corrected chi connectivity index (χ2v) is 4.14. The number of nitrogens with zero attached hydrogens (tertiary/aromatic N) is 1. The summed E-state index contributed by atoms with van der Waals surface area (Å²) in [6, 6.07) is 1.71. The number of thiazole rings is 1. The Bertz CT molecular complexity index is 476. The summed E-state index contributed by atoms with van der Waals surface area (Å²) in [4.78, 5) is 15.1. The van der Waals surface area contributed by atoms with Gasteiger partial charge in [-0.05, 0) is 22.0 Å². The molecule has 6 heteroatoms. The molecule has 0 saturated carbocycles. The molecule has 0 spiro atoms. The van der Waals surface area contributed by atoms with Crippen molar-refractivity contribution in [3.8, 4) is 10.6 Å². The number of carboxylic acid groups (broad SMARTS) is 1.